The van der Waals surface area contributed by atoms with Crippen molar-refractivity contribution in [1.29, 1.82) is 0 Å². The Morgan fingerprint density at radius 3 is 2.86 bits per heavy atom. The van der Waals surface area contributed by atoms with E-state index in [2.05, 4.69) is 0 Å². The lowest BCUT2D eigenvalue weighted by molar-refractivity contribution is -0.105. The van der Waals surface area contributed by atoms with Crippen LogP contribution in [0.15, 0.2) is 23.8 Å². The zero-order valence-corrected chi connectivity index (χ0v) is 8.01. The van der Waals surface area contributed by atoms with Gasteiger partial charge in [0, 0.05) is 0 Å². The fraction of sp³-hybridized carbons (Fsp3) is 0.250. The molecule has 0 atom stereocenters. The number of rotatable bonds is 1. The first-order valence-electron chi connectivity index (χ1n) is 4.66. The monoisotopic (exact) mass is 190 g/mol. The highest BCUT2D eigenvalue weighted by Crippen LogP contribution is 2.31. The molecule has 0 spiro atoms. The molecule has 14 heavy (non-hydrogen) atoms. The van der Waals surface area contributed by atoms with E-state index >= 15 is 0 Å². The Morgan fingerprint density at radius 1 is 1.36 bits per heavy atom. The number of benzene rings is 1. The molecule has 2 heteroatoms. The molecule has 0 heterocycles. The summed E-state index contributed by atoms with van der Waals surface area (Å²) in [6, 6.07) is 5.03. The number of hydrogen-bond acceptors (Lipinski definition) is 1. The highest BCUT2D eigenvalue weighted by atomic mass is 19.1. The predicted molar refractivity (Wildman–Crippen MR) is 53.4 cm³/mol. The molecular formula is C12H11FO. The molecule has 0 fully saturated rings. The topological polar surface area (TPSA) is 17.1 Å². The summed E-state index contributed by atoms with van der Waals surface area (Å²) < 4.78 is 13.4. The summed E-state index contributed by atoms with van der Waals surface area (Å²) in [5, 5.41) is 0. The number of carbonyl (C=O) groups is 1. The molecule has 0 amide bonds. The number of aldehydes is 1. The standard InChI is InChI=1S/C12H11FO/c1-8-9(7-14)5-6-11-10(8)3-2-4-12(11)13/h2-4,7H,5-6H2,1H3. The molecule has 0 aromatic heterocycles. The van der Waals surface area contributed by atoms with Gasteiger partial charge in [-0.05, 0) is 48.1 Å². The molecule has 0 saturated carbocycles. The number of carbonyl (C=O) groups excluding carboxylic acids is 1. The Hall–Kier alpha value is -1.44. The normalized spacial score (nSPS) is 15.3. The lowest BCUT2D eigenvalue weighted by atomic mass is 9.87. The molecule has 72 valence electrons. The zero-order chi connectivity index (χ0) is 10.1. The molecule has 0 unspecified atom stereocenters. The summed E-state index contributed by atoms with van der Waals surface area (Å²) in [6.45, 7) is 1.88. The van der Waals surface area contributed by atoms with Crippen molar-refractivity contribution in [3.05, 3.63) is 40.7 Å². The molecule has 0 N–H and O–H groups in total. The van der Waals surface area contributed by atoms with Crippen LogP contribution in [0.5, 0.6) is 0 Å². The molecule has 0 radical (unpaired) electrons. The van der Waals surface area contributed by atoms with Crippen molar-refractivity contribution in [3.8, 4) is 0 Å². The van der Waals surface area contributed by atoms with Crippen LogP contribution in [0.4, 0.5) is 4.39 Å². The van der Waals surface area contributed by atoms with Crippen LogP contribution >= 0.6 is 0 Å². The SMILES string of the molecule is CC1=C(C=O)CCc2c(F)cccc21. The van der Waals surface area contributed by atoms with Crippen LogP contribution in [0.25, 0.3) is 5.57 Å². The highest BCUT2D eigenvalue weighted by molar-refractivity contribution is 5.89. The zero-order valence-electron chi connectivity index (χ0n) is 8.01. The number of halogens is 1. The number of fused-ring (bicyclic) bond motifs is 1. The van der Waals surface area contributed by atoms with Crippen molar-refractivity contribution in [2.24, 2.45) is 0 Å². The van der Waals surface area contributed by atoms with Gasteiger partial charge in [-0.25, -0.2) is 4.39 Å². The largest absolute Gasteiger partial charge is 0.298 e. The minimum absolute atomic E-state index is 0.160. The smallest absolute Gasteiger partial charge is 0.146 e. The van der Waals surface area contributed by atoms with Crippen LogP contribution in [-0.4, -0.2) is 6.29 Å². The van der Waals surface area contributed by atoms with Gasteiger partial charge in [0.15, 0.2) is 0 Å². The predicted octanol–water partition coefficient (Wildman–Crippen LogP) is 2.74. The minimum Gasteiger partial charge on any atom is -0.298 e. The lowest BCUT2D eigenvalue weighted by Gasteiger charge is -2.18. The van der Waals surface area contributed by atoms with E-state index in [-0.39, 0.29) is 5.82 Å². The molecule has 2 rings (SSSR count). The van der Waals surface area contributed by atoms with Crippen molar-refractivity contribution in [2.45, 2.75) is 19.8 Å². The van der Waals surface area contributed by atoms with Crippen molar-refractivity contribution >= 4 is 11.9 Å². The fourth-order valence-corrected chi connectivity index (χ4v) is 1.93. The second-order valence-electron chi connectivity index (χ2n) is 3.53. The van der Waals surface area contributed by atoms with Gasteiger partial charge in [0.2, 0.25) is 0 Å². The summed E-state index contributed by atoms with van der Waals surface area (Å²) in [5.41, 5.74) is 3.35. The van der Waals surface area contributed by atoms with Crippen LogP contribution in [0.1, 0.15) is 24.5 Å². The summed E-state index contributed by atoms with van der Waals surface area (Å²) in [6.07, 6.45) is 2.17. The molecule has 1 nitrogen and oxygen atoms in total. The average molecular weight is 190 g/mol. The minimum atomic E-state index is -0.160. The van der Waals surface area contributed by atoms with Crippen molar-refractivity contribution in [3.63, 3.8) is 0 Å². The van der Waals surface area contributed by atoms with E-state index < -0.39 is 0 Å². The van der Waals surface area contributed by atoms with Gasteiger partial charge in [-0.1, -0.05) is 12.1 Å². The quantitative estimate of drug-likeness (QED) is 0.622. The summed E-state index contributed by atoms with van der Waals surface area (Å²) in [5.74, 6) is -0.160. The van der Waals surface area contributed by atoms with E-state index in [1.807, 2.05) is 13.0 Å². The first-order chi connectivity index (χ1) is 6.74. The Balaban J connectivity index is 2.63. The van der Waals surface area contributed by atoms with E-state index in [0.717, 1.165) is 28.6 Å². The Labute approximate surface area is 82.3 Å². The Morgan fingerprint density at radius 2 is 2.14 bits per heavy atom. The molecule has 1 aromatic carbocycles. The van der Waals surface area contributed by atoms with Gasteiger partial charge < -0.3 is 0 Å². The van der Waals surface area contributed by atoms with Gasteiger partial charge in [0.25, 0.3) is 0 Å². The second kappa shape index (κ2) is 3.37. The van der Waals surface area contributed by atoms with E-state index in [1.165, 1.54) is 6.07 Å². The van der Waals surface area contributed by atoms with E-state index in [9.17, 15) is 9.18 Å². The van der Waals surface area contributed by atoms with Crippen molar-refractivity contribution < 1.29 is 9.18 Å². The fourth-order valence-electron chi connectivity index (χ4n) is 1.93. The maximum absolute atomic E-state index is 13.4. The van der Waals surface area contributed by atoms with Gasteiger partial charge in [-0.15, -0.1) is 0 Å². The number of hydrogen-bond donors (Lipinski definition) is 0. The second-order valence-corrected chi connectivity index (χ2v) is 3.53. The van der Waals surface area contributed by atoms with Gasteiger partial charge >= 0.3 is 0 Å². The van der Waals surface area contributed by atoms with Crippen LogP contribution in [-0.2, 0) is 11.2 Å². The van der Waals surface area contributed by atoms with Crippen LogP contribution in [0, 0.1) is 5.82 Å². The third-order valence-corrected chi connectivity index (χ3v) is 2.79. The van der Waals surface area contributed by atoms with Crippen LogP contribution in [0.2, 0.25) is 0 Å². The van der Waals surface area contributed by atoms with Gasteiger partial charge in [-0.2, -0.15) is 0 Å². The van der Waals surface area contributed by atoms with Crippen molar-refractivity contribution in [2.75, 3.05) is 0 Å². The lowest BCUT2D eigenvalue weighted by Crippen LogP contribution is -2.06. The van der Waals surface area contributed by atoms with E-state index in [1.54, 1.807) is 6.07 Å². The molecule has 0 aliphatic heterocycles. The molecule has 1 aliphatic carbocycles. The molecular weight excluding hydrogens is 179 g/mol. The first kappa shape index (κ1) is 9.13. The number of allylic oxidation sites excluding steroid dienone is 2. The summed E-state index contributed by atoms with van der Waals surface area (Å²) in [7, 11) is 0. The Bertz CT molecular complexity index is 418. The highest BCUT2D eigenvalue weighted by Gasteiger charge is 2.17. The van der Waals surface area contributed by atoms with Gasteiger partial charge in [-0.3, -0.25) is 4.79 Å². The Kier molecular flexibility index (Phi) is 2.20. The summed E-state index contributed by atoms with van der Waals surface area (Å²) >= 11 is 0. The molecule has 1 aromatic rings. The first-order valence-corrected chi connectivity index (χ1v) is 4.66. The van der Waals surface area contributed by atoms with Crippen molar-refractivity contribution in [1.82, 2.24) is 0 Å². The molecule has 0 saturated heterocycles. The van der Waals surface area contributed by atoms with Crippen LogP contribution in [0.3, 0.4) is 0 Å². The summed E-state index contributed by atoms with van der Waals surface area (Å²) in [4.78, 5) is 10.7. The maximum Gasteiger partial charge on any atom is 0.146 e. The van der Waals surface area contributed by atoms with Gasteiger partial charge in [0.1, 0.15) is 12.1 Å². The maximum atomic E-state index is 13.4. The van der Waals surface area contributed by atoms with Gasteiger partial charge in [0.05, 0.1) is 0 Å². The third-order valence-electron chi connectivity index (χ3n) is 2.79. The molecule has 0 bridgehead atoms. The average Bonchev–Trinajstić information content (AvgIpc) is 2.20. The van der Waals surface area contributed by atoms with E-state index in [4.69, 9.17) is 0 Å². The molecule has 1 aliphatic rings. The van der Waals surface area contributed by atoms with E-state index in [0.29, 0.717) is 12.8 Å². The third kappa shape index (κ3) is 1.27. The van der Waals surface area contributed by atoms with Crippen LogP contribution < -0.4 is 0 Å².